The SMILES string of the molecule is CCCCCCCC/C=C/CCCC[C@@H](O)[C@H](CO[C@@H]1O[C@H](CO)[C@@H](O)C(O)C1O)NC(=O)CCCCCCCCCCCCCC. The van der Waals surface area contributed by atoms with Gasteiger partial charge in [0.2, 0.25) is 5.91 Å². The Labute approximate surface area is 286 Å². The van der Waals surface area contributed by atoms with Gasteiger partial charge in [-0.3, -0.25) is 4.79 Å². The normalized spacial score (nSPS) is 22.9. The number of rotatable bonds is 31. The molecule has 1 aliphatic rings. The average molecular weight is 672 g/mol. The van der Waals surface area contributed by atoms with E-state index in [1.54, 1.807) is 0 Å². The van der Waals surface area contributed by atoms with E-state index in [9.17, 15) is 30.3 Å². The quantitative estimate of drug-likeness (QED) is 0.0357. The molecule has 1 aliphatic heterocycles. The summed E-state index contributed by atoms with van der Waals surface area (Å²) in [5.41, 5.74) is 0. The third-order valence-corrected chi connectivity index (χ3v) is 9.37. The van der Waals surface area contributed by atoms with Crippen LogP contribution in [0.15, 0.2) is 12.2 Å². The minimum absolute atomic E-state index is 0.147. The molecule has 6 N–H and O–H groups in total. The van der Waals surface area contributed by atoms with Crippen LogP contribution in [0.5, 0.6) is 0 Å². The molecule has 0 radical (unpaired) electrons. The summed E-state index contributed by atoms with van der Waals surface area (Å²) in [5.74, 6) is -0.156. The second-order valence-corrected chi connectivity index (χ2v) is 13.7. The Morgan fingerprint density at radius 3 is 1.72 bits per heavy atom. The third-order valence-electron chi connectivity index (χ3n) is 9.37. The number of carbonyl (C=O) groups excluding carboxylic acids is 1. The molecule has 0 aliphatic carbocycles. The first kappa shape index (κ1) is 44.0. The number of nitrogens with one attached hydrogen (secondary N) is 1. The predicted octanol–water partition coefficient (Wildman–Crippen LogP) is 6.61. The van der Waals surface area contributed by atoms with Crippen molar-refractivity contribution in [2.45, 2.75) is 211 Å². The minimum Gasteiger partial charge on any atom is -0.394 e. The molecule has 1 saturated heterocycles. The molecule has 278 valence electrons. The van der Waals surface area contributed by atoms with Crippen LogP contribution >= 0.6 is 0 Å². The van der Waals surface area contributed by atoms with Crippen LogP contribution in [0.25, 0.3) is 0 Å². The Morgan fingerprint density at radius 2 is 1.19 bits per heavy atom. The Bertz CT molecular complexity index is 751. The van der Waals surface area contributed by atoms with E-state index < -0.39 is 49.5 Å². The van der Waals surface area contributed by atoms with Crippen LogP contribution in [0.4, 0.5) is 0 Å². The van der Waals surface area contributed by atoms with Gasteiger partial charge in [0.05, 0.1) is 25.4 Å². The molecular weight excluding hydrogens is 598 g/mol. The molecule has 1 amide bonds. The molecule has 1 fully saturated rings. The molecule has 47 heavy (non-hydrogen) atoms. The Kier molecular flexibility index (Phi) is 27.9. The van der Waals surface area contributed by atoms with Gasteiger partial charge < -0.3 is 40.3 Å². The Morgan fingerprint density at radius 1 is 0.702 bits per heavy atom. The molecule has 1 heterocycles. The maximum atomic E-state index is 12.9. The van der Waals surface area contributed by atoms with Crippen molar-refractivity contribution in [3.63, 3.8) is 0 Å². The van der Waals surface area contributed by atoms with Crippen LogP contribution in [0, 0.1) is 0 Å². The average Bonchev–Trinajstić information content (AvgIpc) is 3.07. The number of allylic oxidation sites excluding steroid dienone is 2. The van der Waals surface area contributed by atoms with Gasteiger partial charge in [0, 0.05) is 6.42 Å². The van der Waals surface area contributed by atoms with Gasteiger partial charge in [-0.15, -0.1) is 0 Å². The molecule has 1 rings (SSSR count). The van der Waals surface area contributed by atoms with E-state index in [1.807, 2.05) is 0 Å². The number of amides is 1. The fourth-order valence-electron chi connectivity index (χ4n) is 6.15. The van der Waals surface area contributed by atoms with Gasteiger partial charge in [-0.05, 0) is 38.5 Å². The molecule has 9 nitrogen and oxygen atoms in total. The number of hydrogen-bond acceptors (Lipinski definition) is 8. The van der Waals surface area contributed by atoms with E-state index >= 15 is 0 Å². The van der Waals surface area contributed by atoms with E-state index in [2.05, 4.69) is 31.3 Å². The van der Waals surface area contributed by atoms with Crippen molar-refractivity contribution in [2.75, 3.05) is 13.2 Å². The molecule has 0 bridgehead atoms. The number of aliphatic hydroxyl groups excluding tert-OH is 5. The van der Waals surface area contributed by atoms with Crippen molar-refractivity contribution in [3.05, 3.63) is 12.2 Å². The zero-order valence-electron chi connectivity index (χ0n) is 30.0. The first-order valence-electron chi connectivity index (χ1n) is 19.4. The van der Waals surface area contributed by atoms with Crippen LogP contribution in [-0.2, 0) is 14.3 Å². The van der Waals surface area contributed by atoms with Crippen LogP contribution in [0.3, 0.4) is 0 Å². The van der Waals surface area contributed by atoms with E-state index in [1.165, 1.54) is 96.3 Å². The van der Waals surface area contributed by atoms with Gasteiger partial charge >= 0.3 is 0 Å². The maximum Gasteiger partial charge on any atom is 0.220 e. The standard InChI is InChI=1S/C38H73NO8/c1-3-5-7-9-11-13-15-17-19-21-23-25-27-32(41)31(30-46-38-37(45)36(44)35(43)33(29-40)47-38)39-34(42)28-26-24-22-20-18-16-14-12-10-8-6-4-2/h17,19,31-33,35-38,40-41,43-45H,3-16,18,20-30H2,1-2H3,(H,39,42)/b19-17+/t31-,32+,33+,35+,36?,37?,38+/m0/s1. The van der Waals surface area contributed by atoms with Crippen molar-refractivity contribution in [3.8, 4) is 0 Å². The second kappa shape index (κ2) is 29.8. The summed E-state index contributed by atoms with van der Waals surface area (Å²) in [6.07, 6.45) is 23.6. The first-order chi connectivity index (χ1) is 22.8. The molecule has 0 aromatic rings. The van der Waals surface area contributed by atoms with Crippen LogP contribution in [0.2, 0.25) is 0 Å². The highest BCUT2D eigenvalue weighted by atomic mass is 16.7. The van der Waals surface area contributed by atoms with E-state index in [0.717, 1.165) is 44.9 Å². The molecule has 7 atom stereocenters. The minimum atomic E-state index is -1.55. The highest BCUT2D eigenvalue weighted by Crippen LogP contribution is 2.23. The van der Waals surface area contributed by atoms with Gasteiger partial charge in [0.25, 0.3) is 0 Å². The molecule has 2 unspecified atom stereocenters. The molecule has 0 spiro atoms. The van der Waals surface area contributed by atoms with Gasteiger partial charge in [0.1, 0.15) is 24.4 Å². The van der Waals surface area contributed by atoms with Crippen molar-refractivity contribution >= 4 is 5.91 Å². The van der Waals surface area contributed by atoms with Crippen LogP contribution in [0.1, 0.15) is 168 Å². The summed E-state index contributed by atoms with van der Waals surface area (Å²) in [6.45, 7) is 3.77. The topological polar surface area (TPSA) is 149 Å². The summed E-state index contributed by atoms with van der Waals surface area (Å²) in [6, 6.07) is -0.726. The number of aliphatic hydroxyl groups is 5. The fraction of sp³-hybridized carbons (Fsp3) is 0.921. The summed E-state index contributed by atoms with van der Waals surface area (Å²) in [5, 5.41) is 54.0. The van der Waals surface area contributed by atoms with Gasteiger partial charge in [-0.2, -0.15) is 0 Å². The zero-order valence-corrected chi connectivity index (χ0v) is 30.0. The predicted molar refractivity (Wildman–Crippen MR) is 189 cm³/mol. The van der Waals surface area contributed by atoms with Crippen molar-refractivity contribution < 1.29 is 39.8 Å². The number of hydrogen-bond donors (Lipinski definition) is 6. The van der Waals surface area contributed by atoms with Crippen LogP contribution < -0.4 is 5.32 Å². The number of ether oxygens (including phenoxy) is 2. The van der Waals surface area contributed by atoms with Crippen LogP contribution in [-0.4, -0.2) is 87.5 Å². The summed E-state index contributed by atoms with van der Waals surface area (Å²) in [7, 11) is 0. The van der Waals surface area contributed by atoms with Gasteiger partial charge in [-0.1, -0.05) is 135 Å². The fourth-order valence-corrected chi connectivity index (χ4v) is 6.15. The van der Waals surface area contributed by atoms with Gasteiger partial charge in [0.15, 0.2) is 6.29 Å². The number of unbranched alkanes of at least 4 members (excludes halogenated alkanes) is 19. The Hall–Kier alpha value is -1.07. The lowest BCUT2D eigenvalue weighted by Crippen LogP contribution is -2.60. The van der Waals surface area contributed by atoms with Crippen molar-refractivity contribution in [1.82, 2.24) is 5.32 Å². The largest absolute Gasteiger partial charge is 0.394 e. The maximum absolute atomic E-state index is 12.9. The summed E-state index contributed by atoms with van der Waals surface area (Å²) < 4.78 is 11.2. The van der Waals surface area contributed by atoms with Crippen molar-refractivity contribution in [2.24, 2.45) is 0 Å². The van der Waals surface area contributed by atoms with Crippen molar-refractivity contribution in [1.29, 1.82) is 0 Å². The van der Waals surface area contributed by atoms with E-state index in [-0.39, 0.29) is 12.5 Å². The lowest BCUT2D eigenvalue weighted by molar-refractivity contribution is -0.302. The molecular formula is C38H73NO8. The molecule has 9 heteroatoms. The van der Waals surface area contributed by atoms with E-state index in [4.69, 9.17) is 9.47 Å². The smallest absolute Gasteiger partial charge is 0.220 e. The second-order valence-electron chi connectivity index (χ2n) is 13.7. The number of carbonyl (C=O) groups is 1. The first-order valence-corrected chi connectivity index (χ1v) is 19.4. The molecule has 0 saturated carbocycles. The van der Waals surface area contributed by atoms with Gasteiger partial charge in [-0.25, -0.2) is 0 Å². The lowest BCUT2D eigenvalue weighted by atomic mass is 9.99. The summed E-state index contributed by atoms with van der Waals surface area (Å²) in [4.78, 5) is 12.9. The zero-order chi connectivity index (χ0) is 34.5. The molecule has 0 aromatic carbocycles. The Balaban J connectivity index is 2.44. The monoisotopic (exact) mass is 672 g/mol. The highest BCUT2D eigenvalue weighted by Gasteiger charge is 2.44. The summed E-state index contributed by atoms with van der Waals surface area (Å²) >= 11 is 0. The lowest BCUT2D eigenvalue weighted by Gasteiger charge is -2.40. The van der Waals surface area contributed by atoms with E-state index in [0.29, 0.717) is 12.8 Å². The third kappa shape index (κ3) is 21.6. The molecule has 0 aromatic heterocycles. The highest BCUT2D eigenvalue weighted by molar-refractivity contribution is 5.76.